The second-order valence-electron chi connectivity index (χ2n) is 8.06. The molecule has 0 spiro atoms. The van der Waals surface area contributed by atoms with Gasteiger partial charge in [0.05, 0.1) is 14.2 Å². The van der Waals surface area contributed by atoms with Crippen molar-refractivity contribution >= 4 is 5.78 Å². The predicted octanol–water partition coefficient (Wildman–Crippen LogP) is 5.50. The van der Waals surface area contributed by atoms with Crippen molar-refractivity contribution in [1.82, 2.24) is 0 Å². The van der Waals surface area contributed by atoms with Crippen molar-refractivity contribution in [3.8, 4) is 0 Å². The van der Waals surface area contributed by atoms with E-state index in [9.17, 15) is 9.90 Å². The third-order valence-electron chi connectivity index (χ3n) is 5.46. The molecule has 0 aliphatic heterocycles. The zero-order valence-electron chi connectivity index (χ0n) is 18.7. The fourth-order valence-electron chi connectivity index (χ4n) is 3.61. The minimum absolute atomic E-state index is 0.0751. The van der Waals surface area contributed by atoms with Crippen molar-refractivity contribution in [2.24, 2.45) is 11.8 Å². The standard InChI is InChI=1S/C24H38O4/c1-16(2)10-8-11-17(3)12-9-13-18(4)14-15-20-19(5)23(27-6)24(28-7)22(26)21(20)25/h10,12,14,19-21,25H,8-9,11,13,15H2,1-7H3. The summed E-state index contributed by atoms with van der Waals surface area (Å²) in [6.45, 7) is 10.5. The lowest BCUT2D eigenvalue weighted by Crippen LogP contribution is -2.41. The Hall–Kier alpha value is -1.81. The third kappa shape index (κ3) is 6.97. The van der Waals surface area contributed by atoms with Crippen LogP contribution in [-0.2, 0) is 14.3 Å². The number of ether oxygens (including phenoxy) is 2. The van der Waals surface area contributed by atoms with Gasteiger partial charge in [-0.05, 0) is 59.8 Å². The lowest BCUT2D eigenvalue weighted by Gasteiger charge is -2.33. The molecule has 1 aliphatic rings. The van der Waals surface area contributed by atoms with Crippen LogP contribution in [0, 0.1) is 11.8 Å². The molecule has 1 N–H and O–H groups in total. The van der Waals surface area contributed by atoms with E-state index in [1.807, 2.05) is 6.92 Å². The largest absolute Gasteiger partial charge is 0.497 e. The van der Waals surface area contributed by atoms with Crippen molar-refractivity contribution < 1.29 is 19.4 Å². The number of hydrogen-bond acceptors (Lipinski definition) is 4. The molecule has 0 fully saturated rings. The van der Waals surface area contributed by atoms with Crippen molar-refractivity contribution in [1.29, 1.82) is 0 Å². The van der Waals surface area contributed by atoms with Crippen molar-refractivity contribution in [3.63, 3.8) is 0 Å². The van der Waals surface area contributed by atoms with E-state index in [-0.39, 0.29) is 23.4 Å². The maximum Gasteiger partial charge on any atom is 0.229 e. The molecule has 0 saturated carbocycles. The van der Waals surface area contributed by atoms with E-state index in [1.165, 1.54) is 23.8 Å². The number of aliphatic hydroxyl groups excluding tert-OH is 1. The topological polar surface area (TPSA) is 55.8 Å². The zero-order valence-corrected chi connectivity index (χ0v) is 18.7. The first kappa shape index (κ1) is 24.2. The summed E-state index contributed by atoms with van der Waals surface area (Å²) in [5.41, 5.74) is 4.07. The van der Waals surface area contributed by atoms with Gasteiger partial charge in [0, 0.05) is 11.8 Å². The number of hydrogen-bond donors (Lipinski definition) is 1. The van der Waals surface area contributed by atoms with Crippen LogP contribution in [0.4, 0.5) is 0 Å². The monoisotopic (exact) mass is 390 g/mol. The summed E-state index contributed by atoms with van der Waals surface area (Å²) in [7, 11) is 2.98. The second kappa shape index (κ2) is 11.9. The number of allylic oxidation sites excluding steroid dienone is 7. The highest BCUT2D eigenvalue weighted by molar-refractivity contribution is 5.98. The van der Waals surface area contributed by atoms with Gasteiger partial charge in [0.25, 0.3) is 0 Å². The van der Waals surface area contributed by atoms with Crippen molar-refractivity contribution in [2.75, 3.05) is 14.2 Å². The molecule has 3 unspecified atom stereocenters. The number of rotatable bonds is 10. The Balaban J connectivity index is 2.64. The van der Waals surface area contributed by atoms with Crippen LogP contribution in [0.1, 0.15) is 66.7 Å². The number of aliphatic hydroxyl groups is 1. The summed E-state index contributed by atoms with van der Waals surface area (Å²) in [5.74, 6) is 0.0203. The smallest absolute Gasteiger partial charge is 0.229 e. The van der Waals surface area contributed by atoms with E-state index in [0.717, 1.165) is 25.7 Å². The molecule has 158 valence electrons. The first-order chi connectivity index (χ1) is 13.2. The molecule has 0 bridgehead atoms. The Bertz CT molecular complexity index is 648. The highest BCUT2D eigenvalue weighted by Crippen LogP contribution is 2.36. The molecule has 3 atom stereocenters. The molecule has 0 aromatic carbocycles. The Morgan fingerprint density at radius 2 is 1.54 bits per heavy atom. The molecule has 0 amide bonds. The molecule has 28 heavy (non-hydrogen) atoms. The minimum Gasteiger partial charge on any atom is -0.497 e. The van der Waals surface area contributed by atoms with Crippen LogP contribution >= 0.6 is 0 Å². The Labute approximate surface area is 171 Å². The Kier molecular flexibility index (Phi) is 10.3. The van der Waals surface area contributed by atoms with E-state index < -0.39 is 6.10 Å². The van der Waals surface area contributed by atoms with Crippen molar-refractivity contribution in [3.05, 3.63) is 46.5 Å². The first-order valence-electron chi connectivity index (χ1n) is 10.2. The first-order valence-corrected chi connectivity index (χ1v) is 10.2. The van der Waals surface area contributed by atoms with Crippen LogP contribution in [0.25, 0.3) is 0 Å². The number of carbonyl (C=O) groups excluding carboxylic acids is 1. The fraction of sp³-hybridized carbons (Fsp3) is 0.625. The van der Waals surface area contributed by atoms with Crippen molar-refractivity contribution in [2.45, 2.75) is 72.8 Å². The minimum atomic E-state index is -1.05. The van der Waals surface area contributed by atoms with Gasteiger partial charge < -0.3 is 14.6 Å². The molecule has 0 aromatic rings. The zero-order chi connectivity index (χ0) is 21.3. The molecule has 0 heterocycles. The number of carbonyl (C=O) groups is 1. The second-order valence-corrected chi connectivity index (χ2v) is 8.06. The molecular formula is C24H38O4. The summed E-state index contributed by atoms with van der Waals surface area (Å²) >= 11 is 0. The maximum atomic E-state index is 12.4. The van der Waals surface area contributed by atoms with Gasteiger partial charge >= 0.3 is 0 Å². The lowest BCUT2D eigenvalue weighted by molar-refractivity contribution is -0.133. The molecule has 4 heteroatoms. The van der Waals surface area contributed by atoms with E-state index in [1.54, 1.807) is 7.11 Å². The highest BCUT2D eigenvalue weighted by atomic mass is 16.5. The number of methoxy groups -OCH3 is 2. The molecular weight excluding hydrogens is 352 g/mol. The van der Waals surface area contributed by atoms with Crippen LogP contribution < -0.4 is 0 Å². The fourth-order valence-corrected chi connectivity index (χ4v) is 3.61. The average molecular weight is 391 g/mol. The van der Waals surface area contributed by atoms with Crippen LogP contribution in [0.5, 0.6) is 0 Å². The van der Waals surface area contributed by atoms with Crippen LogP contribution in [0.15, 0.2) is 46.5 Å². The molecule has 0 aromatic heterocycles. The van der Waals surface area contributed by atoms with Gasteiger partial charge in [0.15, 0.2) is 0 Å². The molecule has 1 aliphatic carbocycles. The van der Waals surface area contributed by atoms with E-state index in [2.05, 4.69) is 45.9 Å². The molecule has 0 saturated heterocycles. The van der Waals surface area contributed by atoms with Crippen LogP contribution in [0.3, 0.4) is 0 Å². The average Bonchev–Trinajstić information content (AvgIpc) is 2.64. The quantitative estimate of drug-likeness (QED) is 0.501. The van der Waals surface area contributed by atoms with Gasteiger partial charge in [0.2, 0.25) is 11.5 Å². The van der Waals surface area contributed by atoms with E-state index in [0.29, 0.717) is 12.2 Å². The van der Waals surface area contributed by atoms with Crippen LogP contribution in [0.2, 0.25) is 0 Å². The molecule has 4 nitrogen and oxygen atoms in total. The normalized spacial score (nSPS) is 23.7. The van der Waals surface area contributed by atoms with Gasteiger partial charge in [-0.2, -0.15) is 0 Å². The Morgan fingerprint density at radius 1 is 0.964 bits per heavy atom. The lowest BCUT2D eigenvalue weighted by atomic mass is 9.77. The summed E-state index contributed by atoms with van der Waals surface area (Å²) in [5, 5.41) is 10.4. The van der Waals surface area contributed by atoms with Gasteiger partial charge in [-0.15, -0.1) is 0 Å². The SMILES string of the molecule is COC1=C(OC)C(C)C(CC=C(C)CCC=C(C)CCC=C(C)C)C(O)C1=O. The number of ketones is 1. The summed E-state index contributed by atoms with van der Waals surface area (Å²) in [6.07, 6.45) is 10.5. The number of Topliss-reactive ketones (excluding diaryl/α,β-unsaturated/α-hetero) is 1. The van der Waals surface area contributed by atoms with Gasteiger partial charge in [0.1, 0.15) is 11.9 Å². The van der Waals surface area contributed by atoms with Crippen LogP contribution in [-0.4, -0.2) is 31.2 Å². The van der Waals surface area contributed by atoms with E-state index >= 15 is 0 Å². The highest BCUT2D eigenvalue weighted by Gasteiger charge is 2.42. The summed E-state index contributed by atoms with van der Waals surface area (Å²) < 4.78 is 10.5. The van der Waals surface area contributed by atoms with Gasteiger partial charge in [-0.3, -0.25) is 4.79 Å². The van der Waals surface area contributed by atoms with Gasteiger partial charge in [-0.25, -0.2) is 0 Å². The summed E-state index contributed by atoms with van der Waals surface area (Å²) in [6, 6.07) is 0. The van der Waals surface area contributed by atoms with Gasteiger partial charge in [-0.1, -0.05) is 41.9 Å². The van der Waals surface area contributed by atoms with E-state index in [4.69, 9.17) is 9.47 Å². The Morgan fingerprint density at radius 3 is 2.07 bits per heavy atom. The third-order valence-corrected chi connectivity index (χ3v) is 5.46. The predicted molar refractivity (Wildman–Crippen MR) is 115 cm³/mol. The summed E-state index contributed by atoms with van der Waals surface area (Å²) in [4.78, 5) is 12.4. The maximum absolute atomic E-state index is 12.4. The molecule has 1 rings (SSSR count). The molecule has 0 radical (unpaired) electrons.